The number of aryl methyl sites for hydroxylation is 1. The van der Waals surface area contributed by atoms with Crippen LogP contribution in [0.1, 0.15) is 29.3 Å². The number of hydrogen-bond donors (Lipinski definition) is 1. The SMILES string of the molecule is C[C@@H](CCc1ccccc1)NC(=O)c1cccc(S(=O)(=O)N(C)c2ccccc2F)c1. The first kappa shape index (κ1) is 22.5. The molecule has 162 valence electrons. The van der Waals surface area contributed by atoms with Crippen molar-refractivity contribution in [3.8, 4) is 0 Å². The maximum atomic E-state index is 14.1. The Morgan fingerprint density at radius 2 is 1.68 bits per heavy atom. The molecule has 0 unspecified atom stereocenters. The molecule has 0 saturated heterocycles. The number of sulfonamides is 1. The van der Waals surface area contributed by atoms with Crippen LogP contribution in [0.3, 0.4) is 0 Å². The molecule has 1 atom stereocenters. The molecule has 0 aromatic heterocycles. The van der Waals surface area contributed by atoms with Crippen molar-refractivity contribution < 1.29 is 17.6 Å². The van der Waals surface area contributed by atoms with E-state index in [0.29, 0.717) is 0 Å². The number of anilines is 1. The van der Waals surface area contributed by atoms with E-state index in [1.807, 2.05) is 37.3 Å². The number of halogens is 1. The number of para-hydroxylation sites is 1. The fourth-order valence-corrected chi connectivity index (χ4v) is 4.45. The Morgan fingerprint density at radius 3 is 2.39 bits per heavy atom. The fraction of sp³-hybridized carbons (Fsp3) is 0.208. The minimum absolute atomic E-state index is 0.0631. The zero-order chi connectivity index (χ0) is 22.4. The first-order chi connectivity index (χ1) is 14.8. The van der Waals surface area contributed by atoms with E-state index in [2.05, 4.69) is 5.32 Å². The number of hydrogen-bond acceptors (Lipinski definition) is 3. The normalized spacial score (nSPS) is 12.2. The van der Waals surface area contributed by atoms with Crippen LogP contribution in [0.2, 0.25) is 0 Å². The summed E-state index contributed by atoms with van der Waals surface area (Å²) in [6.45, 7) is 1.91. The van der Waals surface area contributed by atoms with Gasteiger partial charge in [0.25, 0.3) is 15.9 Å². The highest BCUT2D eigenvalue weighted by Gasteiger charge is 2.24. The summed E-state index contributed by atoms with van der Waals surface area (Å²) in [5.41, 5.74) is 1.36. The Labute approximate surface area is 182 Å². The Kier molecular flexibility index (Phi) is 7.07. The summed E-state index contributed by atoms with van der Waals surface area (Å²) in [4.78, 5) is 12.6. The van der Waals surface area contributed by atoms with Crippen LogP contribution in [0, 0.1) is 5.82 Å². The standard InChI is InChI=1S/C24H25FN2O3S/c1-18(15-16-19-9-4-3-5-10-19)26-24(28)20-11-8-12-21(17-20)31(29,30)27(2)23-14-7-6-13-22(23)25/h3-14,17-18H,15-16H2,1-2H3,(H,26,28)/t18-/m0/s1. The number of carbonyl (C=O) groups excluding carboxylic acids is 1. The molecular formula is C24H25FN2O3S. The largest absolute Gasteiger partial charge is 0.350 e. The second-order valence-corrected chi connectivity index (χ2v) is 9.32. The lowest BCUT2D eigenvalue weighted by molar-refractivity contribution is 0.0938. The molecule has 0 bridgehead atoms. The zero-order valence-corrected chi connectivity index (χ0v) is 18.3. The molecule has 0 fully saturated rings. The highest BCUT2D eigenvalue weighted by atomic mass is 32.2. The highest BCUT2D eigenvalue weighted by molar-refractivity contribution is 7.92. The van der Waals surface area contributed by atoms with E-state index < -0.39 is 15.8 Å². The van der Waals surface area contributed by atoms with E-state index in [1.165, 1.54) is 49.0 Å². The van der Waals surface area contributed by atoms with Gasteiger partial charge in [0.05, 0.1) is 10.6 Å². The van der Waals surface area contributed by atoms with Crippen molar-refractivity contribution in [1.29, 1.82) is 0 Å². The van der Waals surface area contributed by atoms with Gasteiger partial charge in [-0.15, -0.1) is 0 Å². The van der Waals surface area contributed by atoms with Crippen molar-refractivity contribution in [2.24, 2.45) is 0 Å². The van der Waals surface area contributed by atoms with Gasteiger partial charge < -0.3 is 5.32 Å². The third kappa shape index (κ3) is 5.49. The summed E-state index contributed by atoms with van der Waals surface area (Å²) in [6, 6.07) is 21.3. The molecule has 3 aromatic carbocycles. The molecule has 7 heteroatoms. The molecule has 3 rings (SSSR count). The lowest BCUT2D eigenvalue weighted by Crippen LogP contribution is -2.33. The summed E-state index contributed by atoms with van der Waals surface area (Å²) < 4.78 is 40.9. The summed E-state index contributed by atoms with van der Waals surface area (Å²) >= 11 is 0. The smallest absolute Gasteiger partial charge is 0.264 e. The predicted octanol–water partition coefficient (Wildman–Crippen LogP) is 4.40. The molecular weight excluding hydrogens is 415 g/mol. The van der Waals surface area contributed by atoms with Crippen LogP contribution in [0.15, 0.2) is 83.8 Å². The Hall–Kier alpha value is -3.19. The molecule has 0 saturated carbocycles. The zero-order valence-electron chi connectivity index (χ0n) is 17.5. The van der Waals surface area contributed by atoms with Gasteiger partial charge in [-0.3, -0.25) is 9.10 Å². The number of nitrogens with zero attached hydrogens (tertiary/aromatic N) is 1. The van der Waals surface area contributed by atoms with Crippen LogP contribution in [0.4, 0.5) is 10.1 Å². The second-order valence-electron chi connectivity index (χ2n) is 7.35. The van der Waals surface area contributed by atoms with Crippen molar-refractivity contribution in [1.82, 2.24) is 5.32 Å². The molecule has 3 aromatic rings. The Bertz CT molecular complexity index is 1150. The molecule has 0 aliphatic carbocycles. The maximum absolute atomic E-state index is 14.1. The van der Waals surface area contributed by atoms with E-state index >= 15 is 0 Å². The van der Waals surface area contributed by atoms with Gasteiger partial charge in [0, 0.05) is 18.7 Å². The van der Waals surface area contributed by atoms with Gasteiger partial charge in [-0.1, -0.05) is 48.5 Å². The van der Waals surface area contributed by atoms with Gasteiger partial charge in [-0.25, -0.2) is 12.8 Å². The number of benzene rings is 3. The molecule has 31 heavy (non-hydrogen) atoms. The quantitative estimate of drug-likeness (QED) is 0.565. The van der Waals surface area contributed by atoms with Crippen molar-refractivity contribution in [3.63, 3.8) is 0 Å². The van der Waals surface area contributed by atoms with Crippen molar-refractivity contribution in [2.45, 2.75) is 30.7 Å². The Balaban J connectivity index is 1.71. The van der Waals surface area contributed by atoms with Gasteiger partial charge in [-0.05, 0) is 55.7 Å². The van der Waals surface area contributed by atoms with Gasteiger partial charge in [-0.2, -0.15) is 0 Å². The lowest BCUT2D eigenvalue weighted by Gasteiger charge is -2.20. The van der Waals surface area contributed by atoms with E-state index in [9.17, 15) is 17.6 Å². The molecule has 0 radical (unpaired) electrons. The van der Waals surface area contributed by atoms with Gasteiger partial charge in [0.1, 0.15) is 5.82 Å². The first-order valence-electron chi connectivity index (χ1n) is 9.97. The lowest BCUT2D eigenvalue weighted by atomic mass is 10.1. The summed E-state index contributed by atoms with van der Waals surface area (Å²) in [7, 11) is -2.75. The van der Waals surface area contributed by atoms with Gasteiger partial charge >= 0.3 is 0 Å². The second kappa shape index (κ2) is 9.75. The van der Waals surface area contributed by atoms with E-state index in [0.717, 1.165) is 17.1 Å². The van der Waals surface area contributed by atoms with Crippen LogP contribution in [0.25, 0.3) is 0 Å². The Morgan fingerprint density at radius 1 is 1.00 bits per heavy atom. The third-order valence-electron chi connectivity index (χ3n) is 5.03. The average molecular weight is 441 g/mol. The number of nitrogens with one attached hydrogen (secondary N) is 1. The maximum Gasteiger partial charge on any atom is 0.264 e. The summed E-state index contributed by atoms with van der Waals surface area (Å²) in [5, 5.41) is 2.91. The average Bonchev–Trinajstić information content (AvgIpc) is 2.78. The fourth-order valence-electron chi connectivity index (χ4n) is 3.20. The molecule has 1 amide bonds. The molecule has 0 aliphatic heterocycles. The van der Waals surface area contributed by atoms with E-state index in [4.69, 9.17) is 0 Å². The van der Waals surface area contributed by atoms with Crippen molar-refractivity contribution in [3.05, 3.63) is 95.8 Å². The van der Waals surface area contributed by atoms with E-state index in [-0.39, 0.29) is 28.1 Å². The van der Waals surface area contributed by atoms with E-state index in [1.54, 1.807) is 12.1 Å². The number of rotatable bonds is 8. The van der Waals surface area contributed by atoms with Crippen LogP contribution < -0.4 is 9.62 Å². The minimum atomic E-state index is -4.03. The highest BCUT2D eigenvalue weighted by Crippen LogP contribution is 2.25. The molecule has 1 N–H and O–H groups in total. The van der Waals surface area contributed by atoms with Gasteiger partial charge in [0.15, 0.2) is 0 Å². The van der Waals surface area contributed by atoms with Crippen molar-refractivity contribution in [2.75, 3.05) is 11.4 Å². The third-order valence-corrected chi connectivity index (χ3v) is 6.80. The van der Waals surface area contributed by atoms with Crippen LogP contribution >= 0.6 is 0 Å². The molecule has 0 spiro atoms. The summed E-state index contributed by atoms with van der Waals surface area (Å²) in [6.07, 6.45) is 1.58. The predicted molar refractivity (Wildman–Crippen MR) is 120 cm³/mol. The molecule has 0 heterocycles. The van der Waals surface area contributed by atoms with Crippen molar-refractivity contribution >= 4 is 21.6 Å². The summed E-state index contributed by atoms with van der Waals surface area (Å²) in [5.74, 6) is -0.999. The number of carbonyl (C=O) groups is 1. The molecule has 5 nitrogen and oxygen atoms in total. The van der Waals surface area contributed by atoms with Gasteiger partial charge in [0.2, 0.25) is 0 Å². The topological polar surface area (TPSA) is 66.5 Å². The van der Waals surface area contributed by atoms with Crippen LogP contribution in [-0.2, 0) is 16.4 Å². The number of amides is 1. The van der Waals surface area contributed by atoms with Crippen LogP contribution in [-0.4, -0.2) is 27.4 Å². The van der Waals surface area contributed by atoms with Crippen LogP contribution in [0.5, 0.6) is 0 Å². The monoisotopic (exact) mass is 440 g/mol. The molecule has 0 aliphatic rings. The first-order valence-corrected chi connectivity index (χ1v) is 11.4. The minimum Gasteiger partial charge on any atom is -0.350 e.